The van der Waals surface area contributed by atoms with Gasteiger partial charge in [-0.15, -0.1) is 0 Å². The first-order valence-corrected chi connectivity index (χ1v) is 8.37. The molecule has 0 aliphatic carbocycles. The lowest BCUT2D eigenvalue weighted by molar-refractivity contribution is 0.103. The van der Waals surface area contributed by atoms with E-state index in [1.54, 1.807) is 4.68 Å². The Kier molecular flexibility index (Phi) is 3.75. The van der Waals surface area contributed by atoms with E-state index in [9.17, 15) is 4.79 Å². The second kappa shape index (κ2) is 6.06. The van der Waals surface area contributed by atoms with E-state index in [-0.39, 0.29) is 5.78 Å². The normalized spacial score (nSPS) is 10.9. The predicted molar refractivity (Wildman–Crippen MR) is 98.6 cm³/mol. The van der Waals surface area contributed by atoms with Crippen LogP contribution in [0, 0.1) is 0 Å². The highest BCUT2D eigenvalue weighted by molar-refractivity contribution is 9.10. The van der Waals surface area contributed by atoms with E-state index in [1.807, 2.05) is 78.9 Å². The molecule has 1 heterocycles. The van der Waals surface area contributed by atoms with Gasteiger partial charge in [-0.25, -0.2) is 4.68 Å². The van der Waals surface area contributed by atoms with Crippen molar-refractivity contribution < 1.29 is 4.79 Å². The van der Waals surface area contributed by atoms with Crippen LogP contribution in [0.2, 0.25) is 0 Å². The van der Waals surface area contributed by atoms with Crippen LogP contribution in [0.5, 0.6) is 0 Å². The van der Waals surface area contributed by atoms with E-state index in [4.69, 9.17) is 0 Å². The monoisotopic (exact) mass is 376 g/mol. The summed E-state index contributed by atoms with van der Waals surface area (Å²) >= 11 is 3.41. The number of nitrogens with zero attached hydrogens (tertiary/aromatic N) is 2. The third-order valence-corrected chi connectivity index (χ3v) is 4.43. The van der Waals surface area contributed by atoms with Gasteiger partial charge >= 0.3 is 0 Å². The molecule has 0 saturated carbocycles. The molecule has 4 rings (SSSR count). The topological polar surface area (TPSA) is 34.9 Å². The van der Waals surface area contributed by atoms with Crippen molar-refractivity contribution in [1.29, 1.82) is 0 Å². The highest BCUT2D eigenvalue weighted by Crippen LogP contribution is 2.25. The Balaban J connectivity index is 1.96. The van der Waals surface area contributed by atoms with Gasteiger partial charge in [-0.1, -0.05) is 52.3 Å². The molecule has 0 aliphatic heterocycles. The molecule has 0 aliphatic rings. The van der Waals surface area contributed by atoms with Crippen LogP contribution in [0.15, 0.2) is 83.3 Å². The molecule has 0 saturated heterocycles. The molecule has 4 aromatic rings. The Morgan fingerprint density at radius 3 is 2.25 bits per heavy atom. The summed E-state index contributed by atoms with van der Waals surface area (Å²) in [5.41, 5.74) is 2.90. The fourth-order valence-electron chi connectivity index (χ4n) is 2.75. The third-order valence-electron chi connectivity index (χ3n) is 3.90. The Morgan fingerprint density at radius 2 is 1.50 bits per heavy atom. The Morgan fingerprint density at radius 1 is 0.833 bits per heavy atom. The van der Waals surface area contributed by atoms with Crippen LogP contribution in [0.3, 0.4) is 0 Å². The van der Waals surface area contributed by atoms with Crippen LogP contribution in [0.4, 0.5) is 0 Å². The van der Waals surface area contributed by atoms with Gasteiger partial charge in [0.1, 0.15) is 5.69 Å². The number of benzene rings is 3. The molecular weight excluding hydrogens is 364 g/mol. The molecule has 0 bridgehead atoms. The fourth-order valence-corrected chi connectivity index (χ4v) is 3.01. The summed E-state index contributed by atoms with van der Waals surface area (Å²) in [5.74, 6) is -0.0416. The van der Waals surface area contributed by atoms with Crippen molar-refractivity contribution in [3.8, 4) is 5.69 Å². The maximum atomic E-state index is 13.2. The van der Waals surface area contributed by atoms with Crippen molar-refractivity contribution in [2.45, 2.75) is 0 Å². The molecule has 116 valence electrons. The summed E-state index contributed by atoms with van der Waals surface area (Å²) < 4.78 is 2.68. The van der Waals surface area contributed by atoms with Crippen molar-refractivity contribution >= 4 is 32.6 Å². The number of rotatable bonds is 3. The molecule has 0 N–H and O–H groups in total. The van der Waals surface area contributed by atoms with Gasteiger partial charge < -0.3 is 0 Å². The lowest BCUT2D eigenvalue weighted by Gasteiger charge is -2.07. The quantitative estimate of drug-likeness (QED) is 0.470. The first-order chi connectivity index (χ1) is 11.7. The molecule has 24 heavy (non-hydrogen) atoms. The van der Waals surface area contributed by atoms with E-state index in [0.717, 1.165) is 21.1 Å². The van der Waals surface area contributed by atoms with Crippen molar-refractivity contribution in [1.82, 2.24) is 9.78 Å². The van der Waals surface area contributed by atoms with Crippen molar-refractivity contribution in [2.75, 3.05) is 0 Å². The summed E-state index contributed by atoms with van der Waals surface area (Å²) in [5, 5.41) is 5.49. The Bertz CT molecular complexity index is 1020. The lowest BCUT2D eigenvalue weighted by atomic mass is 10.0. The maximum absolute atomic E-state index is 13.2. The van der Waals surface area contributed by atoms with E-state index < -0.39 is 0 Å². The summed E-state index contributed by atoms with van der Waals surface area (Å²) in [6.45, 7) is 0. The highest BCUT2D eigenvalue weighted by atomic mass is 79.9. The van der Waals surface area contributed by atoms with E-state index >= 15 is 0 Å². The molecule has 0 radical (unpaired) electrons. The molecular formula is C20H13BrN2O. The van der Waals surface area contributed by atoms with Gasteiger partial charge in [0.15, 0.2) is 0 Å². The summed E-state index contributed by atoms with van der Waals surface area (Å²) in [7, 11) is 0. The number of para-hydroxylation sites is 1. The molecule has 0 amide bonds. The minimum absolute atomic E-state index is 0.0416. The maximum Gasteiger partial charge on any atom is 0.212 e. The van der Waals surface area contributed by atoms with E-state index in [1.165, 1.54) is 0 Å². The zero-order valence-corrected chi connectivity index (χ0v) is 14.3. The van der Waals surface area contributed by atoms with Crippen LogP contribution >= 0.6 is 15.9 Å². The SMILES string of the molecule is O=C(c1ccc(Br)cc1)c1c2ccccc2nn1-c1ccccc1. The third kappa shape index (κ3) is 2.55. The minimum atomic E-state index is -0.0416. The summed E-state index contributed by atoms with van der Waals surface area (Å²) in [4.78, 5) is 13.2. The number of ketones is 1. The number of hydrogen-bond donors (Lipinski definition) is 0. The zero-order valence-electron chi connectivity index (χ0n) is 12.7. The van der Waals surface area contributed by atoms with Crippen molar-refractivity contribution in [3.63, 3.8) is 0 Å². The molecule has 3 nitrogen and oxygen atoms in total. The standard InChI is InChI=1S/C20H13BrN2O/c21-15-12-10-14(11-13-15)20(24)19-17-8-4-5-9-18(17)22-23(19)16-6-2-1-3-7-16/h1-13H. The average Bonchev–Trinajstić information content (AvgIpc) is 3.02. The van der Waals surface area contributed by atoms with Gasteiger partial charge in [-0.05, 0) is 42.5 Å². The van der Waals surface area contributed by atoms with E-state index in [0.29, 0.717) is 11.3 Å². The van der Waals surface area contributed by atoms with Crippen LogP contribution in [-0.2, 0) is 0 Å². The Hall–Kier alpha value is -2.72. The lowest BCUT2D eigenvalue weighted by Crippen LogP contribution is -2.10. The van der Waals surface area contributed by atoms with Crippen LogP contribution < -0.4 is 0 Å². The Labute approximate surface area is 147 Å². The van der Waals surface area contributed by atoms with Gasteiger partial charge in [0.2, 0.25) is 5.78 Å². The second-order valence-electron chi connectivity index (χ2n) is 5.45. The van der Waals surface area contributed by atoms with Crippen LogP contribution in [0.1, 0.15) is 16.1 Å². The molecule has 4 heteroatoms. The van der Waals surface area contributed by atoms with Gasteiger partial charge in [0.25, 0.3) is 0 Å². The van der Waals surface area contributed by atoms with Crippen LogP contribution in [0.25, 0.3) is 16.6 Å². The molecule has 0 spiro atoms. The summed E-state index contributed by atoms with van der Waals surface area (Å²) in [6.07, 6.45) is 0. The second-order valence-corrected chi connectivity index (χ2v) is 6.36. The average molecular weight is 377 g/mol. The van der Waals surface area contributed by atoms with Crippen molar-refractivity contribution in [3.05, 3.63) is 94.6 Å². The minimum Gasteiger partial charge on any atom is -0.287 e. The zero-order chi connectivity index (χ0) is 16.5. The van der Waals surface area contributed by atoms with Gasteiger partial charge in [-0.2, -0.15) is 5.10 Å². The molecule has 0 unspecified atom stereocenters. The molecule has 0 atom stereocenters. The first kappa shape index (κ1) is 14.8. The number of carbonyl (C=O) groups excluding carboxylic acids is 1. The molecule has 3 aromatic carbocycles. The van der Waals surface area contributed by atoms with Crippen molar-refractivity contribution in [2.24, 2.45) is 0 Å². The first-order valence-electron chi connectivity index (χ1n) is 7.57. The largest absolute Gasteiger partial charge is 0.287 e. The fraction of sp³-hybridized carbons (Fsp3) is 0. The van der Waals surface area contributed by atoms with Gasteiger partial charge in [0, 0.05) is 15.4 Å². The van der Waals surface area contributed by atoms with Crippen LogP contribution in [-0.4, -0.2) is 15.6 Å². The number of halogens is 1. The number of fused-ring (bicyclic) bond motifs is 1. The number of carbonyl (C=O) groups is 1. The van der Waals surface area contributed by atoms with Gasteiger partial charge in [0.05, 0.1) is 11.2 Å². The summed E-state index contributed by atoms with van der Waals surface area (Å²) in [6, 6.07) is 24.8. The van der Waals surface area contributed by atoms with Gasteiger partial charge in [-0.3, -0.25) is 4.79 Å². The molecule has 0 fully saturated rings. The smallest absolute Gasteiger partial charge is 0.212 e. The molecule has 1 aromatic heterocycles. The van der Waals surface area contributed by atoms with E-state index in [2.05, 4.69) is 21.0 Å². The predicted octanol–water partition coefficient (Wildman–Crippen LogP) is 5.02. The number of hydrogen-bond acceptors (Lipinski definition) is 2. The number of aromatic nitrogens is 2. The highest BCUT2D eigenvalue weighted by Gasteiger charge is 2.20.